The van der Waals surface area contributed by atoms with Crippen LogP contribution in [0.4, 0.5) is 0 Å². The average Bonchev–Trinajstić information content (AvgIpc) is 2.38. The predicted octanol–water partition coefficient (Wildman–Crippen LogP) is 3.62. The minimum absolute atomic E-state index is 0.227. The topological polar surface area (TPSA) is 59.4 Å². The molecule has 1 aromatic heterocycles. The van der Waals surface area contributed by atoms with Crippen molar-refractivity contribution in [3.8, 4) is 17.0 Å². The van der Waals surface area contributed by atoms with Gasteiger partial charge in [-0.05, 0) is 57.2 Å². The van der Waals surface area contributed by atoms with Crippen LogP contribution in [0.25, 0.3) is 11.3 Å². The highest BCUT2D eigenvalue weighted by Crippen LogP contribution is 2.23. The fourth-order valence-corrected chi connectivity index (χ4v) is 1.77. The van der Waals surface area contributed by atoms with Gasteiger partial charge in [0.2, 0.25) is 0 Å². The van der Waals surface area contributed by atoms with E-state index in [-0.39, 0.29) is 11.2 Å². The Hall–Kier alpha value is -2.36. The number of aromatic carboxylic acids is 1. The molecule has 2 rings (SSSR count). The van der Waals surface area contributed by atoms with Crippen LogP contribution in [0.5, 0.6) is 5.75 Å². The molecule has 0 aliphatic heterocycles. The molecule has 4 heteroatoms. The molecule has 1 heterocycles. The van der Waals surface area contributed by atoms with Crippen LogP contribution in [0, 0.1) is 0 Å². The summed E-state index contributed by atoms with van der Waals surface area (Å²) in [5, 5.41) is 8.98. The first-order chi connectivity index (χ1) is 9.35. The fraction of sp³-hybridized carbons (Fsp3) is 0.250. The molecule has 0 spiro atoms. The van der Waals surface area contributed by atoms with Gasteiger partial charge in [-0.2, -0.15) is 0 Å². The van der Waals surface area contributed by atoms with Crippen molar-refractivity contribution < 1.29 is 14.6 Å². The Labute approximate surface area is 118 Å². The summed E-state index contributed by atoms with van der Waals surface area (Å²) in [7, 11) is 0. The molecule has 4 nitrogen and oxygen atoms in total. The van der Waals surface area contributed by atoms with E-state index >= 15 is 0 Å². The lowest BCUT2D eigenvalue weighted by molar-refractivity contribution is 0.0696. The minimum atomic E-state index is -0.957. The van der Waals surface area contributed by atoms with E-state index in [0.29, 0.717) is 5.69 Å². The number of pyridine rings is 1. The molecule has 0 aliphatic rings. The van der Waals surface area contributed by atoms with Gasteiger partial charge in [0, 0.05) is 11.8 Å². The van der Waals surface area contributed by atoms with Crippen LogP contribution in [0.3, 0.4) is 0 Å². The highest BCUT2D eigenvalue weighted by atomic mass is 16.5. The molecule has 20 heavy (non-hydrogen) atoms. The zero-order valence-corrected chi connectivity index (χ0v) is 11.8. The van der Waals surface area contributed by atoms with Crippen molar-refractivity contribution in [3.63, 3.8) is 0 Å². The van der Waals surface area contributed by atoms with Crippen molar-refractivity contribution in [1.29, 1.82) is 0 Å². The summed E-state index contributed by atoms with van der Waals surface area (Å²) in [5.74, 6) is -0.183. The SMILES string of the molecule is CC(C)(C)Oc1ccc(-c2cc(C(=O)O)ccn2)cc1. The number of hydrogen-bond donors (Lipinski definition) is 1. The third-order valence-electron chi connectivity index (χ3n) is 2.58. The number of aromatic nitrogens is 1. The smallest absolute Gasteiger partial charge is 0.335 e. The van der Waals surface area contributed by atoms with Crippen molar-refractivity contribution in [2.45, 2.75) is 26.4 Å². The maximum absolute atomic E-state index is 10.9. The summed E-state index contributed by atoms with van der Waals surface area (Å²) in [5.41, 5.74) is 1.47. The van der Waals surface area contributed by atoms with Crippen molar-refractivity contribution in [1.82, 2.24) is 4.98 Å². The molecule has 0 atom stereocenters. The number of rotatable bonds is 3. The lowest BCUT2D eigenvalue weighted by atomic mass is 10.1. The first kappa shape index (κ1) is 14.1. The molecule has 1 aromatic carbocycles. The van der Waals surface area contributed by atoms with Gasteiger partial charge in [-0.15, -0.1) is 0 Å². The van der Waals surface area contributed by atoms with E-state index in [1.54, 1.807) is 6.07 Å². The number of carboxylic acids is 1. The van der Waals surface area contributed by atoms with Crippen molar-refractivity contribution >= 4 is 5.97 Å². The third-order valence-corrected chi connectivity index (χ3v) is 2.58. The number of ether oxygens (including phenoxy) is 1. The van der Waals surface area contributed by atoms with E-state index in [4.69, 9.17) is 9.84 Å². The van der Waals surface area contributed by atoms with Crippen LogP contribution in [0.2, 0.25) is 0 Å². The Kier molecular flexibility index (Phi) is 3.74. The summed E-state index contributed by atoms with van der Waals surface area (Å²) in [6.45, 7) is 5.95. The van der Waals surface area contributed by atoms with Crippen LogP contribution < -0.4 is 4.74 Å². The van der Waals surface area contributed by atoms with Crippen molar-refractivity contribution in [2.24, 2.45) is 0 Å². The predicted molar refractivity (Wildman–Crippen MR) is 77.0 cm³/mol. The molecule has 0 saturated heterocycles. The van der Waals surface area contributed by atoms with E-state index in [2.05, 4.69) is 4.98 Å². The molecule has 0 amide bonds. The maximum atomic E-state index is 10.9. The van der Waals surface area contributed by atoms with E-state index in [9.17, 15) is 4.79 Å². The first-order valence-electron chi connectivity index (χ1n) is 6.34. The van der Waals surface area contributed by atoms with Gasteiger partial charge in [-0.25, -0.2) is 4.79 Å². The molecule has 0 bridgehead atoms. The monoisotopic (exact) mass is 271 g/mol. The second-order valence-corrected chi connectivity index (χ2v) is 5.47. The largest absolute Gasteiger partial charge is 0.488 e. The Morgan fingerprint density at radius 3 is 2.35 bits per heavy atom. The van der Waals surface area contributed by atoms with Crippen LogP contribution in [-0.2, 0) is 0 Å². The number of carboxylic acid groups (broad SMARTS) is 1. The average molecular weight is 271 g/mol. The second-order valence-electron chi connectivity index (χ2n) is 5.47. The van der Waals surface area contributed by atoms with Crippen LogP contribution in [-0.4, -0.2) is 21.7 Å². The maximum Gasteiger partial charge on any atom is 0.335 e. The summed E-state index contributed by atoms with van der Waals surface area (Å²) >= 11 is 0. The van der Waals surface area contributed by atoms with Crippen molar-refractivity contribution in [3.05, 3.63) is 48.2 Å². The molecule has 0 unspecified atom stereocenters. The lowest BCUT2D eigenvalue weighted by Crippen LogP contribution is -2.22. The standard InChI is InChI=1S/C16H17NO3/c1-16(2,3)20-13-6-4-11(5-7-13)14-10-12(15(18)19)8-9-17-14/h4-10H,1-3H3,(H,18,19). The van der Waals surface area contributed by atoms with Gasteiger partial charge in [0.25, 0.3) is 0 Å². The van der Waals surface area contributed by atoms with Crippen LogP contribution >= 0.6 is 0 Å². The molecular weight excluding hydrogens is 254 g/mol. The normalized spacial score (nSPS) is 11.2. The van der Waals surface area contributed by atoms with E-state index in [1.807, 2.05) is 45.0 Å². The lowest BCUT2D eigenvalue weighted by Gasteiger charge is -2.21. The zero-order chi connectivity index (χ0) is 14.8. The summed E-state index contributed by atoms with van der Waals surface area (Å²) < 4.78 is 5.74. The molecule has 0 aliphatic carbocycles. The summed E-state index contributed by atoms with van der Waals surface area (Å²) in [6, 6.07) is 10.5. The summed E-state index contributed by atoms with van der Waals surface area (Å²) in [4.78, 5) is 15.1. The van der Waals surface area contributed by atoms with Gasteiger partial charge in [0.15, 0.2) is 0 Å². The van der Waals surface area contributed by atoms with Gasteiger partial charge < -0.3 is 9.84 Å². The summed E-state index contributed by atoms with van der Waals surface area (Å²) in [6.07, 6.45) is 1.50. The van der Waals surface area contributed by atoms with Crippen LogP contribution in [0.15, 0.2) is 42.6 Å². The molecule has 0 fully saturated rings. The Morgan fingerprint density at radius 2 is 1.80 bits per heavy atom. The van der Waals surface area contributed by atoms with Gasteiger partial charge in [0.1, 0.15) is 11.4 Å². The van der Waals surface area contributed by atoms with E-state index in [0.717, 1.165) is 11.3 Å². The zero-order valence-electron chi connectivity index (χ0n) is 11.8. The second kappa shape index (κ2) is 5.33. The number of benzene rings is 1. The molecule has 0 saturated carbocycles. The highest BCUT2D eigenvalue weighted by Gasteiger charge is 2.12. The Balaban J connectivity index is 2.26. The Bertz CT molecular complexity index is 612. The van der Waals surface area contributed by atoms with Crippen molar-refractivity contribution in [2.75, 3.05) is 0 Å². The first-order valence-corrected chi connectivity index (χ1v) is 6.34. The third kappa shape index (κ3) is 3.57. The highest BCUT2D eigenvalue weighted by molar-refractivity contribution is 5.88. The van der Waals surface area contributed by atoms with Gasteiger partial charge >= 0.3 is 5.97 Å². The van der Waals surface area contributed by atoms with Gasteiger partial charge in [-0.1, -0.05) is 0 Å². The molecular formula is C16H17NO3. The Morgan fingerprint density at radius 1 is 1.15 bits per heavy atom. The molecule has 1 N–H and O–H groups in total. The van der Waals surface area contributed by atoms with E-state index in [1.165, 1.54) is 12.3 Å². The van der Waals surface area contributed by atoms with Gasteiger partial charge in [0.05, 0.1) is 11.3 Å². The quantitative estimate of drug-likeness (QED) is 0.926. The molecule has 104 valence electrons. The fourth-order valence-electron chi connectivity index (χ4n) is 1.77. The number of hydrogen-bond acceptors (Lipinski definition) is 3. The number of nitrogens with zero attached hydrogens (tertiary/aromatic N) is 1. The van der Waals surface area contributed by atoms with E-state index < -0.39 is 5.97 Å². The number of carbonyl (C=O) groups is 1. The molecule has 0 radical (unpaired) electrons. The molecule has 2 aromatic rings. The minimum Gasteiger partial charge on any atom is -0.488 e. The van der Waals surface area contributed by atoms with Crippen LogP contribution in [0.1, 0.15) is 31.1 Å². The van der Waals surface area contributed by atoms with Gasteiger partial charge in [-0.3, -0.25) is 4.98 Å².